The summed E-state index contributed by atoms with van der Waals surface area (Å²) in [7, 11) is 0. The molecule has 2 aromatic rings. The van der Waals surface area contributed by atoms with Gasteiger partial charge in [0.15, 0.2) is 0 Å². The molecule has 0 aliphatic rings. The molecule has 110 valence electrons. The van der Waals surface area contributed by atoms with Crippen molar-refractivity contribution in [3.8, 4) is 16.9 Å². The van der Waals surface area contributed by atoms with E-state index < -0.39 is 0 Å². The summed E-state index contributed by atoms with van der Waals surface area (Å²) in [5.74, 6) is 1.06. The number of amidine groups is 1. The number of para-hydroxylation sites is 1. The molecule has 3 N–H and O–H groups in total. The first-order valence-electron chi connectivity index (χ1n) is 7.12. The van der Waals surface area contributed by atoms with E-state index in [1.807, 2.05) is 50.2 Å². The minimum atomic E-state index is -0.332. The van der Waals surface area contributed by atoms with Crippen molar-refractivity contribution in [2.45, 2.75) is 20.3 Å². The summed E-state index contributed by atoms with van der Waals surface area (Å²) in [6.07, 6.45) is 0.714. The minimum Gasteiger partial charge on any atom is -0.493 e. The molecule has 0 heterocycles. The number of benzene rings is 2. The summed E-state index contributed by atoms with van der Waals surface area (Å²) in [4.78, 5) is 0. The summed E-state index contributed by atoms with van der Waals surface area (Å²) < 4.78 is 5.93. The molecular weight excluding hydrogens is 260 g/mol. The molecular formula is C18H22N2O. The summed E-state index contributed by atoms with van der Waals surface area (Å²) in [6.45, 7) is 4.46. The lowest BCUT2D eigenvalue weighted by atomic mass is 9.88. The van der Waals surface area contributed by atoms with Gasteiger partial charge >= 0.3 is 0 Å². The molecule has 0 atom stereocenters. The van der Waals surface area contributed by atoms with Gasteiger partial charge in [-0.3, -0.25) is 5.41 Å². The Balaban J connectivity index is 2.10. The molecule has 3 nitrogen and oxygen atoms in total. The summed E-state index contributed by atoms with van der Waals surface area (Å²) >= 11 is 0. The molecule has 0 aliphatic heterocycles. The molecule has 2 rings (SSSR count). The van der Waals surface area contributed by atoms with E-state index in [4.69, 9.17) is 15.9 Å². The highest BCUT2D eigenvalue weighted by Crippen LogP contribution is 2.30. The van der Waals surface area contributed by atoms with Crippen LogP contribution >= 0.6 is 0 Å². The Hall–Kier alpha value is -2.29. The van der Waals surface area contributed by atoms with Crippen LogP contribution in [0, 0.1) is 10.8 Å². The fourth-order valence-corrected chi connectivity index (χ4v) is 2.00. The highest BCUT2D eigenvalue weighted by Gasteiger charge is 2.21. The zero-order valence-electron chi connectivity index (χ0n) is 12.6. The molecule has 3 heteroatoms. The second-order valence-corrected chi connectivity index (χ2v) is 5.76. The molecule has 0 fully saturated rings. The van der Waals surface area contributed by atoms with Gasteiger partial charge in [0.1, 0.15) is 5.75 Å². The van der Waals surface area contributed by atoms with Crippen molar-refractivity contribution < 1.29 is 4.74 Å². The minimum absolute atomic E-state index is 0.197. The molecule has 2 aromatic carbocycles. The lowest BCUT2D eigenvalue weighted by Gasteiger charge is -2.23. The number of ether oxygens (including phenoxy) is 1. The largest absolute Gasteiger partial charge is 0.493 e. The first-order chi connectivity index (χ1) is 10.0. The zero-order chi connectivity index (χ0) is 15.3. The van der Waals surface area contributed by atoms with Crippen molar-refractivity contribution >= 4 is 5.84 Å². The van der Waals surface area contributed by atoms with Crippen molar-refractivity contribution in [3.63, 3.8) is 0 Å². The standard InChI is InChI=1S/C18H22N2O/c1-18(2,17(19)20)12-13-21-16-11-7-6-10-15(16)14-8-4-3-5-9-14/h3-11H,12-13H2,1-2H3,(H3,19,20). The van der Waals surface area contributed by atoms with Gasteiger partial charge < -0.3 is 10.5 Å². The van der Waals surface area contributed by atoms with Crippen LogP contribution in [0.3, 0.4) is 0 Å². The smallest absolute Gasteiger partial charge is 0.127 e. The topological polar surface area (TPSA) is 59.1 Å². The van der Waals surface area contributed by atoms with Crippen LogP contribution in [0.4, 0.5) is 0 Å². The van der Waals surface area contributed by atoms with Gasteiger partial charge in [0.05, 0.1) is 12.4 Å². The molecule has 0 amide bonds. The second-order valence-electron chi connectivity index (χ2n) is 5.76. The number of rotatable bonds is 6. The molecule has 0 spiro atoms. The van der Waals surface area contributed by atoms with Gasteiger partial charge in [0.2, 0.25) is 0 Å². The fraction of sp³-hybridized carbons (Fsp3) is 0.278. The Kier molecular flexibility index (Phi) is 4.63. The first kappa shape index (κ1) is 15.1. The van der Waals surface area contributed by atoms with Crippen LogP contribution in [0.5, 0.6) is 5.75 Å². The van der Waals surface area contributed by atoms with Crippen molar-refractivity contribution in [1.29, 1.82) is 5.41 Å². The van der Waals surface area contributed by atoms with Crippen LogP contribution in [-0.4, -0.2) is 12.4 Å². The van der Waals surface area contributed by atoms with Gasteiger partial charge in [0.25, 0.3) is 0 Å². The van der Waals surface area contributed by atoms with Gasteiger partial charge in [-0.25, -0.2) is 0 Å². The lowest BCUT2D eigenvalue weighted by Crippen LogP contribution is -2.32. The van der Waals surface area contributed by atoms with Crippen LogP contribution in [0.25, 0.3) is 11.1 Å². The average molecular weight is 282 g/mol. The maximum atomic E-state index is 7.58. The molecule has 0 unspecified atom stereocenters. The van der Waals surface area contributed by atoms with Crippen LogP contribution in [0.15, 0.2) is 54.6 Å². The van der Waals surface area contributed by atoms with E-state index in [1.54, 1.807) is 0 Å². The molecule has 0 saturated heterocycles. The maximum Gasteiger partial charge on any atom is 0.127 e. The second kappa shape index (κ2) is 6.44. The highest BCUT2D eigenvalue weighted by molar-refractivity contribution is 5.82. The van der Waals surface area contributed by atoms with E-state index in [2.05, 4.69) is 18.2 Å². The number of nitrogens with two attached hydrogens (primary N) is 1. The fourth-order valence-electron chi connectivity index (χ4n) is 2.00. The Labute approximate surface area is 126 Å². The number of hydrogen-bond donors (Lipinski definition) is 2. The third kappa shape index (κ3) is 3.85. The highest BCUT2D eigenvalue weighted by atomic mass is 16.5. The van der Waals surface area contributed by atoms with Crippen LogP contribution in [0.2, 0.25) is 0 Å². The predicted octanol–water partition coefficient (Wildman–Crippen LogP) is 4.08. The number of nitrogens with one attached hydrogen (secondary N) is 1. The van der Waals surface area contributed by atoms with Crippen LogP contribution in [0.1, 0.15) is 20.3 Å². The zero-order valence-corrected chi connectivity index (χ0v) is 12.6. The van der Waals surface area contributed by atoms with Gasteiger partial charge in [0, 0.05) is 11.0 Å². The Morgan fingerprint density at radius 3 is 2.33 bits per heavy atom. The van der Waals surface area contributed by atoms with E-state index in [1.165, 1.54) is 0 Å². The third-order valence-electron chi connectivity index (χ3n) is 3.69. The van der Waals surface area contributed by atoms with Gasteiger partial charge in [-0.05, 0) is 18.1 Å². The molecule has 0 aromatic heterocycles. The van der Waals surface area contributed by atoms with Gasteiger partial charge in [-0.2, -0.15) is 0 Å². The van der Waals surface area contributed by atoms with Crippen LogP contribution < -0.4 is 10.5 Å². The van der Waals surface area contributed by atoms with E-state index >= 15 is 0 Å². The van der Waals surface area contributed by atoms with E-state index in [0.29, 0.717) is 13.0 Å². The SMILES string of the molecule is CC(C)(CCOc1ccccc1-c1ccccc1)C(=N)N. The van der Waals surface area contributed by atoms with Crippen molar-refractivity contribution in [2.24, 2.45) is 11.1 Å². The monoisotopic (exact) mass is 282 g/mol. The summed E-state index contributed by atoms with van der Waals surface area (Å²) in [6, 6.07) is 18.2. The molecule has 0 saturated carbocycles. The van der Waals surface area contributed by atoms with Crippen molar-refractivity contribution in [3.05, 3.63) is 54.6 Å². The Morgan fingerprint density at radius 1 is 1.05 bits per heavy atom. The first-order valence-corrected chi connectivity index (χ1v) is 7.12. The summed E-state index contributed by atoms with van der Waals surface area (Å²) in [5, 5.41) is 7.58. The maximum absolute atomic E-state index is 7.58. The third-order valence-corrected chi connectivity index (χ3v) is 3.69. The van der Waals surface area contributed by atoms with Crippen molar-refractivity contribution in [1.82, 2.24) is 0 Å². The molecule has 0 radical (unpaired) electrons. The van der Waals surface area contributed by atoms with Crippen LogP contribution in [-0.2, 0) is 0 Å². The van der Waals surface area contributed by atoms with E-state index in [0.717, 1.165) is 16.9 Å². The molecule has 21 heavy (non-hydrogen) atoms. The normalized spacial score (nSPS) is 11.1. The van der Waals surface area contributed by atoms with Gasteiger partial charge in [-0.1, -0.05) is 62.4 Å². The van der Waals surface area contributed by atoms with Gasteiger partial charge in [-0.15, -0.1) is 0 Å². The average Bonchev–Trinajstić information content (AvgIpc) is 2.48. The Morgan fingerprint density at radius 2 is 1.67 bits per heavy atom. The van der Waals surface area contributed by atoms with E-state index in [9.17, 15) is 0 Å². The lowest BCUT2D eigenvalue weighted by molar-refractivity contribution is 0.269. The predicted molar refractivity (Wildman–Crippen MR) is 87.7 cm³/mol. The molecule has 0 aliphatic carbocycles. The van der Waals surface area contributed by atoms with Crippen molar-refractivity contribution in [2.75, 3.05) is 6.61 Å². The van der Waals surface area contributed by atoms with E-state index in [-0.39, 0.29) is 11.3 Å². The summed E-state index contributed by atoms with van der Waals surface area (Å²) in [5.41, 5.74) is 7.49. The quantitative estimate of drug-likeness (QED) is 0.619. The molecule has 0 bridgehead atoms. The number of hydrogen-bond acceptors (Lipinski definition) is 2. The Bertz CT molecular complexity index is 606.